The fourth-order valence-electron chi connectivity index (χ4n) is 4.92. The number of nitrogens with zero attached hydrogens (tertiary/aromatic N) is 4. The Balaban J connectivity index is 1.61. The standard InChI is InChI=1S/C24H25N5O5/c1-34-16-12-19-21(26-13-16)22-20(23(19)30)17-4-3-15(29(32)33)11-18(17)24(31)28(22)8-2-7-27-9-5-14(25)6-10-27/h3-4,11-14H,2,5-10,25H2,1H3. The molecule has 0 spiro atoms. The molecule has 1 saturated heterocycles. The summed E-state index contributed by atoms with van der Waals surface area (Å²) in [5, 5.41) is 11.9. The zero-order valence-corrected chi connectivity index (χ0v) is 18.8. The smallest absolute Gasteiger partial charge is 0.270 e. The lowest BCUT2D eigenvalue weighted by atomic mass is 10.0. The molecule has 1 aliphatic carbocycles. The predicted molar refractivity (Wildman–Crippen MR) is 126 cm³/mol. The second-order valence-electron chi connectivity index (χ2n) is 8.80. The molecule has 1 aliphatic heterocycles. The summed E-state index contributed by atoms with van der Waals surface area (Å²) in [5.41, 5.74) is 7.05. The molecule has 0 amide bonds. The molecule has 0 saturated carbocycles. The maximum Gasteiger partial charge on any atom is 0.270 e. The molecule has 176 valence electrons. The van der Waals surface area contributed by atoms with Crippen LogP contribution in [0.3, 0.4) is 0 Å². The van der Waals surface area contributed by atoms with E-state index in [1.54, 1.807) is 10.6 Å². The van der Waals surface area contributed by atoms with Gasteiger partial charge in [-0.05, 0) is 51.0 Å². The highest BCUT2D eigenvalue weighted by Crippen LogP contribution is 2.39. The Bertz CT molecular complexity index is 1370. The van der Waals surface area contributed by atoms with Gasteiger partial charge in [0.25, 0.3) is 11.2 Å². The fourth-order valence-corrected chi connectivity index (χ4v) is 4.92. The quantitative estimate of drug-likeness (QED) is 0.340. The number of piperidine rings is 1. The molecule has 3 heterocycles. The van der Waals surface area contributed by atoms with Crippen molar-refractivity contribution in [2.24, 2.45) is 5.73 Å². The number of nitro groups is 1. The highest BCUT2D eigenvalue weighted by atomic mass is 16.6. The number of ether oxygens (including phenoxy) is 1. The van der Waals surface area contributed by atoms with Crippen molar-refractivity contribution in [1.29, 1.82) is 0 Å². The van der Waals surface area contributed by atoms with Crippen LogP contribution in [0.4, 0.5) is 5.69 Å². The van der Waals surface area contributed by atoms with Crippen molar-refractivity contribution in [3.8, 4) is 17.1 Å². The van der Waals surface area contributed by atoms with E-state index in [-0.39, 0.29) is 28.5 Å². The van der Waals surface area contributed by atoms with Crippen LogP contribution in [0.15, 0.2) is 35.3 Å². The molecule has 0 bridgehead atoms. The van der Waals surface area contributed by atoms with Gasteiger partial charge >= 0.3 is 0 Å². The molecule has 10 heteroatoms. The van der Waals surface area contributed by atoms with Gasteiger partial charge in [-0.3, -0.25) is 24.7 Å². The molecular formula is C24H25N5O5. The number of methoxy groups -OCH3 is 1. The first-order chi connectivity index (χ1) is 16.4. The average Bonchev–Trinajstić information content (AvgIpc) is 3.13. The first kappa shape index (κ1) is 22.2. The van der Waals surface area contributed by atoms with E-state index >= 15 is 0 Å². The van der Waals surface area contributed by atoms with Gasteiger partial charge in [-0.1, -0.05) is 0 Å². The Morgan fingerprint density at radius 1 is 1.18 bits per heavy atom. The third-order valence-electron chi connectivity index (χ3n) is 6.75. The fraction of sp³-hybridized carbons (Fsp3) is 0.375. The van der Waals surface area contributed by atoms with Gasteiger partial charge in [0, 0.05) is 30.1 Å². The Labute approximate surface area is 195 Å². The zero-order chi connectivity index (χ0) is 24.0. The van der Waals surface area contributed by atoms with E-state index in [0.717, 1.165) is 32.5 Å². The average molecular weight is 463 g/mol. The van der Waals surface area contributed by atoms with Crippen molar-refractivity contribution in [3.05, 3.63) is 62.1 Å². The summed E-state index contributed by atoms with van der Waals surface area (Å²) in [5.74, 6) is 0.172. The molecule has 1 aromatic carbocycles. The number of benzene rings is 1. The largest absolute Gasteiger partial charge is 0.495 e. The second-order valence-corrected chi connectivity index (χ2v) is 8.80. The predicted octanol–water partition coefficient (Wildman–Crippen LogP) is 2.34. The minimum atomic E-state index is -0.541. The van der Waals surface area contributed by atoms with E-state index < -0.39 is 4.92 Å². The molecule has 0 radical (unpaired) electrons. The number of non-ortho nitro benzene ring substituents is 1. The maximum atomic E-state index is 13.6. The Morgan fingerprint density at radius 2 is 1.94 bits per heavy atom. The van der Waals surface area contributed by atoms with Gasteiger partial charge < -0.3 is 19.9 Å². The molecule has 34 heavy (non-hydrogen) atoms. The van der Waals surface area contributed by atoms with Crippen LogP contribution in [0.1, 0.15) is 35.2 Å². The summed E-state index contributed by atoms with van der Waals surface area (Å²) in [6.45, 7) is 2.99. The number of carbonyl (C=O) groups excluding carboxylic acids is 1. The third-order valence-corrected chi connectivity index (χ3v) is 6.75. The summed E-state index contributed by atoms with van der Waals surface area (Å²) in [4.78, 5) is 44.6. The number of nitrogens with two attached hydrogens (primary N) is 1. The molecular weight excluding hydrogens is 438 g/mol. The first-order valence-electron chi connectivity index (χ1n) is 11.3. The van der Waals surface area contributed by atoms with Gasteiger partial charge in [-0.25, -0.2) is 0 Å². The summed E-state index contributed by atoms with van der Waals surface area (Å²) in [7, 11) is 1.49. The minimum absolute atomic E-state index is 0.157. The number of fused-ring (bicyclic) bond motifs is 5. The maximum absolute atomic E-state index is 13.6. The number of hydrogen-bond donors (Lipinski definition) is 1. The number of nitro benzene ring substituents is 1. The van der Waals surface area contributed by atoms with E-state index in [1.807, 2.05) is 0 Å². The Kier molecular flexibility index (Phi) is 5.62. The minimum Gasteiger partial charge on any atom is -0.495 e. The highest BCUT2D eigenvalue weighted by molar-refractivity contribution is 6.26. The molecule has 2 aromatic heterocycles. The number of aromatic nitrogens is 2. The van der Waals surface area contributed by atoms with Gasteiger partial charge in [0.1, 0.15) is 5.75 Å². The van der Waals surface area contributed by atoms with Crippen LogP contribution in [0.25, 0.3) is 22.2 Å². The van der Waals surface area contributed by atoms with E-state index in [2.05, 4.69) is 9.88 Å². The number of hydrogen-bond acceptors (Lipinski definition) is 8. The summed E-state index contributed by atoms with van der Waals surface area (Å²) < 4.78 is 6.79. The normalized spacial score (nSPS) is 16.0. The molecule has 0 atom stereocenters. The van der Waals surface area contributed by atoms with Crippen LogP contribution in [-0.4, -0.2) is 57.9 Å². The lowest BCUT2D eigenvalue weighted by Crippen LogP contribution is -2.40. The Hall–Kier alpha value is -3.63. The van der Waals surface area contributed by atoms with E-state index in [4.69, 9.17) is 10.5 Å². The first-order valence-corrected chi connectivity index (χ1v) is 11.3. The van der Waals surface area contributed by atoms with Gasteiger partial charge in [0.2, 0.25) is 0 Å². The van der Waals surface area contributed by atoms with E-state index in [0.29, 0.717) is 46.6 Å². The monoisotopic (exact) mass is 463 g/mol. The van der Waals surface area contributed by atoms with Gasteiger partial charge in [0.05, 0.1) is 46.1 Å². The molecule has 2 aliphatic rings. The van der Waals surface area contributed by atoms with Gasteiger partial charge in [-0.2, -0.15) is 0 Å². The highest BCUT2D eigenvalue weighted by Gasteiger charge is 2.34. The van der Waals surface area contributed by atoms with Gasteiger partial charge in [0.15, 0.2) is 5.78 Å². The van der Waals surface area contributed by atoms with Crippen molar-refractivity contribution in [2.45, 2.75) is 31.8 Å². The summed E-state index contributed by atoms with van der Waals surface area (Å²) in [6, 6.07) is 5.91. The van der Waals surface area contributed by atoms with E-state index in [1.165, 1.54) is 31.5 Å². The molecule has 1 fully saturated rings. The number of rotatable bonds is 6. The SMILES string of the molecule is COc1cnc2c(c1)C(=O)c1c-2n(CCCN2CCC(N)CC2)c(=O)c2cc([N+](=O)[O-])ccc12. The second kappa shape index (κ2) is 8.62. The number of ketones is 1. The van der Waals surface area contributed by atoms with Crippen LogP contribution >= 0.6 is 0 Å². The lowest BCUT2D eigenvalue weighted by Gasteiger charge is -2.30. The number of pyridine rings is 2. The zero-order valence-electron chi connectivity index (χ0n) is 18.8. The molecule has 0 unspecified atom stereocenters. The van der Waals surface area contributed by atoms with Crippen LogP contribution in [-0.2, 0) is 6.54 Å². The van der Waals surface area contributed by atoms with Crippen molar-refractivity contribution >= 4 is 22.2 Å². The van der Waals surface area contributed by atoms with Crippen LogP contribution in [0, 0.1) is 10.1 Å². The van der Waals surface area contributed by atoms with Crippen molar-refractivity contribution in [2.75, 3.05) is 26.7 Å². The van der Waals surface area contributed by atoms with Crippen LogP contribution in [0.5, 0.6) is 5.75 Å². The van der Waals surface area contributed by atoms with Crippen LogP contribution in [0.2, 0.25) is 0 Å². The van der Waals surface area contributed by atoms with Crippen LogP contribution < -0.4 is 16.0 Å². The van der Waals surface area contributed by atoms with Crippen molar-refractivity contribution in [1.82, 2.24) is 14.5 Å². The molecule has 3 aromatic rings. The molecule has 10 nitrogen and oxygen atoms in total. The Morgan fingerprint density at radius 3 is 2.65 bits per heavy atom. The topological polar surface area (TPSA) is 134 Å². The van der Waals surface area contributed by atoms with E-state index in [9.17, 15) is 19.7 Å². The molecule has 2 N–H and O–H groups in total. The summed E-state index contributed by atoms with van der Waals surface area (Å²) in [6.07, 6.45) is 4.10. The lowest BCUT2D eigenvalue weighted by molar-refractivity contribution is -0.384. The van der Waals surface area contributed by atoms with Gasteiger partial charge in [-0.15, -0.1) is 0 Å². The number of carbonyl (C=O) groups is 1. The van der Waals surface area contributed by atoms with Crippen molar-refractivity contribution in [3.63, 3.8) is 0 Å². The molecule has 5 rings (SSSR count). The third kappa shape index (κ3) is 3.64. The summed E-state index contributed by atoms with van der Waals surface area (Å²) >= 11 is 0. The van der Waals surface area contributed by atoms with Crippen molar-refractivity contribution < 1.29 is 14.5 Å². The number of likely N-dealkylation sites (tertiary alicyclic amines) is 1.